The van der Waals surface area contributed by atoms with Gasteiger partial charge in [0.15, 0.2) is 5.78 Å². The van der Waals surface area contributed by atoms with Crippen molar-refractivity contribution in [1.82, 2.24) is 13.8 Å². The van der Waals surface area contributed by atoms with Crippen molar-refractivity contribution >= 4 is 15.8 Å². The molecule has 32 heavy (non-hydrogen) atoms. The van der Waals surface area contributed by atoms with Crippen LogP contribution in [0.1, 0.15) is 64.6 Å². The second-order valence-corrected chi connectivity index (χ2v) is 11.4. The third kappa shape index (κ3) is 5.00. The lowest BCUT2D eigenvalue weighted by Gasteiger charge is -2.33. The Kier molecular flexibility index (Phi) is 6.89. The van der Waals surface area contributed by atoms with Crippen molar-refractivity contribution in [3.05, 3.63) is 58.4 Å². The van der Waals surface area contributed by atoms with Crippen LogP contribution in [-0.4, -0.2) is 60.7 Å². The van der Waals surface area contributed by atoms with E-state index in [1.165, 1.54) is 31.4 Å². The number of rotatable bonds is 7. The summed E-state index contributed by atoms with van der Waals surface area (Å²) in [4.78, 5) is 15.2. The summed E-state index contributed by atoms with van der Waals surface area (Å²) < 4.78 is 29.7. The van der Waals surface area contributed by atoms with Gasteiger partial charge in [0.25, 0.3) is 0 Å². The highest BCUT2D eigenvalue weighted by atomic mass is 32.2. The number of nitrogens with zero attached hydrogens (tertiary/aromatic N) is 3. The average molecular weight is 458 g/mol. The molecule has 1 aromatic heterocycles. The van der Waals surface area contributed by atoms with E-state index in [-0.39, 0.29) is 11.5 Å². The summed E-state index contributed by atoms with van der Waals surface area (Å²) in [5.41, 5.74) is 4.96. The van der Waals surface area contributed by atoms with E-state index in [0.717, 1.165) is 22.4 Å². The highest BCUT2D eigenvalue weighted by Crippen LogP contribution is 2.33. The van der Waals surface area contributed by atoms with Crippen LogP contribution < -0.4 is 0 Å². The first kappa shape index (κ1) is 23.2. The van der Waals surface area contributed by atoms with Crippen LogP contribution in [0.4, 0.5) is 0 Å². The second-order valence-electron chi connectivity index (χ2n) is 9.44. The number of carbonyl (C=O) groups is 1. The number of aryl methyl sites for hydroxylation is 2. The Balaban J connectivity index is 1.35. The maximum absolute atomic E-state index is 13.1. The first-order chi connectivity index (χ1) is 15.2. The topological polar surface area (TPSA) is 62.6 Å². The third-order valence-corrected chi connectivity index (χ3v) is 8.85. The number of ketones is 1. The Labute approximate surface area is 192 Å². The summed E-state index contributed by atoms with van der Waals surface area (Å²) in [5.74, 6) is 0.166. The second kappa shape index (κ2) is 9.49. The molecule has 174 valence electrons. The molecule has 0 N–H and O–H groups in total. The van der Waals surface area contributed by atoms with Gasteiger partial charge in [-0.2, -0.15) is 4.31 Å². The Morgan fingerprint density at radius 2 is 1.69 bits per heavy atom. The molecule has 0 unspecified atom stereocenters. The van der Waals surface area contributed by atoms with Gasteiger partial charge in [-0.05, 0) is 45.2 Å². The highest BCUT2D eigenvalue weighted by molar-refractivity contribution is 7.88. The molecule has 2 aromatic rings. The van der Waals surface area contributed by atoms with Crippen LogP contribution in [0.15, 0.2) is 30.3 Å². The number of hydrogen-bond donors (Lipinski definition) is 0. The summed E-state index contributed by atoms with van der Waals surface area (Å²) in [6.07, 6.45) is 4.93. The normalized spacial score (nSPS) is 19.0. The first-order valence-corrected chi connectivity index (χ1v) is 13.3. The van der Waals surface area contributed by atoms with Crippen molar-refractivity contribution in [3.63, 3.8) is 0 Å². The van der Waals surface area contributed by atoms with Crippen LogP contribution >= 0.6 is 0 Å². The Hall–Kier alpha value is -1.96. The molecule has 2 fully saturated rings. The smallest absolute Gasteiger partial charge is 0.218 e. The number of Topliss-reactive ketones (excluding diaryl/α,β-unsaturated/α-hetero) is 1. The third-order valence-electron chi connectivity index (χ3n) is 7.00. The molecule has 2 aliphatic rings. The average Bonchev–Trinajstić information content (AvgIpc) is 3.35. The van der Waals surface area contributed by atoms with E-state index in [0.29, 0.717) is 38.8 Å². The van der Waals surface area contributed by atoms with Crippen molar-refractivity contribution in [2.24, 2.45) is 0 Å². The van der Waals surface area contributed by atoms with E-state index in [9.17, 15) is 13.2 Å². The van der Waals surface area contributed by atoms with E-state index in [2.05, 4.69) is 23.3 Å². The maximum Gasteiger partial charge on any atom is 0.218 e. The Morgan fingerprint density at radius 1 is 1.00 bits per heavy atom. The molecule has 0 atom stereocenters. The first-order valence-electron chi connectivity index (χ1n) is 11.7. The quantitative estimate of drug-likeness (QED) is 0.593. The molecule has 0 radical (unpaired) electrons. The van der Waals surface area contributed by atoms with Gasteiger partial charge in [-0.3, -0.25) is 9.69 Å². The number of piperazine rings is 1. The molecule has 0 amide bonds. The lowest BCUT2D eigenvalue weighted by molar-refractivity contribution is 0.0901. The van der Waals surface area contributed by atoms with Crippen LogP contribution in [-0.2, 0) is 15.8 Å². The summed E-state index contributed by atoms with van der Waals surface area (Å²) in [7, 11) is -3.36. The summed E-state index contributed by atoms with van der Waals surface area (Å²) in [6.45, 7) is 8.51. The number of carbonyl (C=O) groups excluding carboxylic acids is 1. The van der Waals surface area contributed by atoms with Gasteiger partial charge in [-0.15, -0.1) is 0 Å². The van der Waals surface area contributed by atoms with Gasteiger partial charge in [0.05, 0.1) is 12.3 Å². The summed E-state index contributed by atoms with van der Waals surface area (Å²) in [6, 6.07) is 10.2. The predicted octanol–water partition coefficient (Wildman–Crippen LogP) is 3.86. The van der Waals surface area contributed by atoms with E-state index >= 15 is 0 Å². The standard InChI is InChI=1S/C25H35N3O3S/c1-19-7-6-8-22(15-19)18-32(30,31)27-13-11-26(12-14-27)17-25(29)24-16-20(2)28(21(24)3)23-9-4-5-10-23/h6-8,15-16,23H,4-5,9-14,17-18H2,1-3H3. The van der Waals surface area contributed by atoms with Crippen LogP contribution in [0.3, 0.4) is 0 Å². The largest absolute Gasteiger partial charge is 0.345 e. The molecule has 1 aliphatic carbocycles. The number of benzene rings is 1. The molecule has 0 bridgehead atoms. The van der Waals surface area contributed by atoms with E-state index < -0.39 is 10.0 Å². The van der Waals surface area contributed by atoms with Crippen molar-refractivity contribution in [1.29, 1.82) is 0 Å². The molecular weight excluding hydrogens is 422 g/mol. The molecular formula is C25H35N3O3S. The summed E-state index contributed by atoms with van der Waals surface area (Å²) >= 11 is 0. The molecule has 2 heterocycles. The molecule has 6 nitrogen and oxygen atoms in total. The minimum atomic E-state index is -3.36. The lowest BCUT2D eigenvalue weighted by atomic mass is 10.1. The van der Waals surface area contributed by atoms with Gasteiger partial charge in [0.2, 0.25) is 10.0 Å². The SMILES string of the molecule is Cc1cccc(CS(=O)(=O)N2CCN(CC(=O)c3cc(C)n(C4CCCC4)c3C)CC2)c1. The van der Waals surface area contributed by atoms with Crippen molar-refractivity contribution in [2.45, 2.75) is 58.2 Å². The zero-order valence-electron chi connectivity index (χ0n) is 19.5. The minimum Gasteiger partial charge on any atom is -0.345 e. The van der Waals surface area contributed by atoms with Gasteiger partial charge in [0.1, 0.15) is 0 Å². The highest BCUT2D eigenvalue weighted by Gasteiger charge is 2.29. The van der Waals surface area contributed by atoms with Gasteiger partial charge in [0, 0.05) is 49.2 Å². The molecule has 0 spiro atoms. The maximum atomic E-state index is 13.1. The summed E-state index contributed by atoms with van der Waals surface area (Å²) in [5, 5.41) is 0. The fourth-order valence-corrected chi connectivity index (χ4v) is 6.84. The zero-order chi connectivity index (χ0) is 22.9. The number of sulfonamides is 1. The fraction of sp³-hybridized carbons (Fsp3) is 0.560. The van der Waals surface area contributed by atoms with E-state index in [1.54, 1.807) is 4.31 Å². The van der Waals surface area contributed by atoms with Crippen LogP contribution in [0.2, 0.25) is 0 Å². The zero-order valence-corrected chi connectivity index (χ0v) is 20.3. The van der Waals surface area contributed by atoms with Gasteiger partial charge >= 0.3 is 0 Å². The monoisotopic (exact) mass is 457 g/mol. The Morgan fingerprint density at radius 3 is 2.34 bits per heavy atom. The molecule has 1 saturated carbocycles. The predicted molar refractivity (Wildman–Crippen MR) is 128 cm³/mol. The van der Waals surface area contributed by atoms with Crippen LogP contribution in [0.25, 0.3) is 0 Å². The number of aromatic nitrogens is 1. The molecule has 7 heteroatoms. The van der Waals surface area contributed by atoms with Gasteiger partial charge < -0.3 is 4.57 Å². The van der Waals surface area contributed by atoms with Crippen molar-refractivity contribution < 1.29 is 13.2 Å². The van der Waals surface area contributed by atoms with Crippen LogP contribution in [0, 0.1) is 20.8 Å². The number of hydrogen-bond acceptors (Lipinski definition) is 4. The Bertz CT molecular complexity index is 1080. The van der Waals surface area contributed by atoms with Gasteiger partial charge in [-0.25, -0.2) is 8.42 Å². The van der Waals surface area contributed by atoms with Crippen molar-refractivity contribution in [3.8, 4) is 0 Å². The van der Waals surface area contributed by atoms with E-state index in [4.69, 9.17) is 0 Å². The lowest BCUT2D eigenvalue weighted by Crippen LogP contribution is -2.50. The fourth-order valence-electron chi connectivity index (χ4n) is 5.34. The van der Waals surface area contributed by atoms with Crippen molar-refractivity contribution in [2.75, 3.05) is 32.7 Å². The van der Waals surface area contributed by atoms with E-state index in [1.807, 2.05) is 37.3 Å². The molecule has 1 aliphatic heterocycles. The van der Waals surface area contributed by atoms with Crippen LogP contribution in [0.5, 0.6) is 0 Å². The van der Waals surface area contributed by atoms with Gasteiger partial charge in [-0.1, -0.05) is 42.7 Å². The molecule has 1 aromatic carbocycles. The molecule has 4 rings (SSSR count). The minimum absolute atomic E-state index is 0.0285. The molecule has 1 saturated heterocycles.